The highest BCUT2D eigenvalue weighted by atomic mass is 35.5. The van der Waals surface area contributed by atoms with Gasteiger partial charge in [-0.25, -0.2) is 0 Å². The van der Waals surface area contributed by atoms with Gasteiger partial charge in [0.15, 0.2) is 0 Å². The Morgan fingerprint density at radius 3 is 2.67 bits per heavy atom. The standard InChI is InChI=1S/C14H13Cl2N3O2/c1-8-6-17-13(9(2)14(8)19(20)21)7-18-12-4-3-10(15)5-11(12)16/h3-6,18H,7H2,1-2H3. The first-order valence-corrected chi connectivity index (χ1v) is 6.94. The zero-order valence-corrected chi connectivity index (χ0v) is 13.0. The van der Waals surface area contributed by atoms with Gasteiger partial charge in [0.1, 0.15) is 0 Å². The van der Waals surface area contributed by atoms with E-state index in [2.05, 4.69) is 10.3 Å². The van der Waals surface area contributed by atoms with Gasteiger partial charge in [-0.3, -0.25) is 15.1 Å². The Hall–Kier alpha value is -1.85. The summed E-state index contributed by atoms with van der Waals surface area (Å²) in [6.07, 6.45) is 1.51. The molecule has 0 fully saturated rings. The number of nitrogens with zero attached hydrogens (tertiary/aromatic N) is 2. The maximum atomic E-state index is 11.1. The van der Waals surface area contributed by atoms with E-state index in [9.17, 15) is 10.1 Å². The largest absolute Gasteiger partial charge is 0.378 e. The summed E-state index contributed by atoms with van der Waals surface area (Å²) in [5.74, 6) is 0. The number of rotatable bonds is 4. The van der Waals surface area contributed by atoms with E-state index in [4.69, 9.17) is 23.2 Å². The molecule has 0 radical (unpaired) electrons. The zero-order valence-electron chi connectivity index (χ0n) is 11.5. The quantitative estimate of drug-likeness (QED) is 0.662. The van der Waals surface area contributed by atoms with Crippen LogP contribution in [0.1, 0.15) is 16.8 Å². The highest BCUT2D eigenvalue weighted by Crippen LogP contribution is 2.27. The van der Waals surface area contributed by atoms with Crippen LogP contribution in [0, 0.1) is 24.0 Å². The normalized spacial score (nSPS) is 10.5. The highest BCUT2D eigenvalue weighted by molar-refractivity contribution is 6.36. The summed E-state index contributed by atoms with van der Waals surface area (Å²) in [4.78, 5) is 14.9. The first-order chi connectivity index (χ1) is 9.90. The first-order valence-electron chi connectivity index (χ1n) is 6.18. The van der Waals surface area contributed by atoms with Crippen molar-refractivity contribution in [1.29, 1.82) is 0 Å². The summed E-state index contributed by atoms with van der Waals surface area (Å²) in [5, 5.41) is 15.2. The number of hydrogen-bond acceptors (Lipinski definition) is 4. The third kappa shape index (κ3) is 3.43. The lowest BCUT2D eigenvalue weighted by Crippen LogP contribution is -2.07. The van der Waals surface area contributed by atoms with E-state index in [1.807, 2.05) is 0 Å². The van der Waals surface area contributed by atoms with Gasteiger partial charge < -0.3 is 5.32 Å². The van der Waals surface area contributed by atoms with Crippen LogP contribution in [0.3, 0.4) is 0 Å². The van der Waals surface area contributed by atoms with Gasteiger partial charge in [-0.15, -0.1) is 0 Å². The minimum Gasteiger partial charge on any atom is -0.378 e. The minimum absolute atomic E-state index is 0.101. The Morgan fingerprint density at radius 1 is 1.33 bits per heavy atom. The summed E-state index contributed by atoms with van der Waals surface area (Å²) >= 11 is 11.9. The van der Waals surface area contributed by atoms with Crippen LogP contribution in [-0.4, -0.2) is 9.91 Å². The van der Waals surface area contributed by atoms with Gasteiger partial charge in [0.05, 0.1) is 33.4 Å². The Balaban J connectivity index is 2.24. The Kier molecular flexibility index (Phi) is 4.65. The molecule has 0 atom stereocenters. The molecule has 0 amide bonds. The van der Waals surface area contributed by atoms with Gasteiger partial charge in [-0.2, -0.15) is 0 Å². The monoisotopic (exact) mass is 325 g/mol. The van der Waals surface area contributed by atoms with Crippen LogP contribution in [0.2, 0.25) is 10.0 Å². The van der Waals surface area contributed by atoms with Crippen molar-refractivity contribution in [3.63, 3.8) is 0 Å². The van der Waals surface area contributed by atoms with Crippen LogP contribution in [0.15, 0.2) is 24.4 Å². The number of nitrogens with one attached hydrogen (secondary N) is 1. The molecule has 1 aromatic carbocycles. The summed E-state index contributed by atoms with van der Waals surface area (Å²) in [6.45, 7) is 3.71. The fraction of sp³-hybridized carbons (Fsp3) is 0.214. The average Bonchev–Trinajstić information content (AvgIpc) is 2.39. The van der Waals surface area contributed by atoms with Gasteiger partial charge in [0.2, 0.25) is 0 Å². The number of nitro groups is 1. The molecule has 110 valence electrons. The molecule has 21 heavy (non-hydrogen) atoms. The predicted molar refractivity (Wildman–Crippen MR) is 84.2 cm³/mol. The van der Waals surface area contributed by atoms with Gasteiger partial charge in [0.25, 0.3) is 5.69 Å². The van der Waals surface area contributed by atoms with Crippen LogP contribution in [0.5, 0.6) is 0 Å². The predicted octanol–water partition coefficient (Wildman–Crippen LogP) is 4.53. The Bertz CT molecular complexity index is 705. The van der Waals surface area contributed by atoms with Crippen LogP contribution in [0.4, 0.5) is 11.4 Å². The number of halogens is 2. The molecule has 0 spiro atoms. The molecule has 0 aliphatic heterocycles. The third-order valence-corrected chi connectivity index (χ3v) is 3.68. The van der Waals surface area contributed by atoms with Crippen molar-refractivity contribution in [3.05, 3.63) is 61.4 Å². The maximum absolute atomic E-state index is 11.1. The molecule has 2 rings (SSSR count). The molecular weight excluding hydrogens is 313 g/mol. The van der Waals surface area contributed by atoms with E-state index in [0.717, 1.165) is 0 Å². The lowest BCUT2D eigenvalue weighted by atomic mass is 10.1. The number of hydrogen-bond donors (Lipinski definition) is 1. The van der Waals surface area contributed by atoms with E-state index in [-0.39, 0.29) is 10.6 Å². The molecule has 0 saturated heterocycles. The molecule has 7 heteroatoms. The summed E-state index contributed by atoms with van der Waals surface area (Å²) < 4.78 is 0. The number of benzene rings is 1. The lowest BCUT2D eigenvalue weighted by Gasteiger charge is -2.11. The van der Waals surface area contributed by atoms with E-state index >= 15 is 0 Å². The molecule has 1 heterocycles. The fourth-order valence-electron chi connectivity index (χ4n) is 2.04. The van der Waals surface area contributed by atoms with E-state index < -0.39 is 0 Å². The summed E-state index contributed by atoms with van der Waals surface area (Å²) in [7, 11) is 0. The van der Waals surface area contributed by atoms with Crippen molar-refractivity contribution in [1.82, 2.24) is 4.98 Å². The molecule has 0 aliphatic carbocycles. The van der Waals surface area contributed by atoms with Crippen LogP contribution in [0.25, 0.3) is 0 Å². The van der Waals surface area contributed by atoms with Crippen molar-refractivity contribution >= 4 is 34.6 Å². The van der Waals surface area contributed by atoms with Crippen molar-refractivity contribution in [2.45, 2.75) is 20.4 Å². The van der Waals surface area contributed by atoms with Crippen LogP contribution in [-0.2, 0) is 6.54 Å². The third-order valence-electron chi connectivity index (χ3n) is 3.14. The minimum atomic E-state index is -0.384. The number of aromatic nitrogens is 1. The van der Waals surface area contributed by atoms with Gasteiger partial charge in [-0.1, -0.05) is 23.2 Å². The molecule has 1 aromatic heterocycles. The van der Waals surface area contributed by atoms with Crippen molar-refractivity contribution < 1.29 is 4.92 Å². The van der Waals surface area contributed by atoms with Crippen molar-refractivity contribution in [2.75, 3.05) is 5.32 Å². The zero-order chi connectivity index (χ0) is 15.6. The topological polar surface area (TPSA) is 68.1 Å². The highest BCUT2D eigenvalue weighted by Gasteiger charge is 2.18. The van der Waals surface area contributed by atoms with E-state index in [1.165, 1.54) is 6.20 Å². The van der Waals surface area contributed by atoms with E-state index in [1.54, 1.807) is 32.0 Å². The van der Waals surface area contributed by atoms with E-state index in [0.29, 0.717) is 39.1 Å². The molecule has 5 nitrogen and oxygen atoms in total. The second-order valence-electron chi connectivity index (χ2n) is 4.60. The number of aryl methyl sites for hydroxylation is 1. The van der Waals surface area contributed by atoms with Crippen LogP contribution >= 0.6 is 23.2 Å². The van der Waals surface area contributed by atoms with Crippen LogP contribution < -0.4 is 5.32 Å². The second kappa shape index (κ2) is 6.28. The molecular formula is C14H13Cl2N3O2. The molecule has 0 bridgehead atoms. The van der Waals surface area contributed by atoms with Gasteiger partial charge in [0, 0.05) is 16.8 Å². The first kappa shape index (κ1) is 15.5. The Labute approximate surface area is 132 Å². The molecule has 0 saturated carbocycles. The molecule has 0 aliphatic rings. The summed E-state index contributed by atoms with van der Waals surface area (Å²) in [6, 6.07) is 5.10. The molecule has 1 N–H and O–H groups in total. The SMILES string of the molecule is Cc1cnc(CNc2ccc(Cl)cc2Cl)c(C)c1[N+](=O)[O-]. The smallest absolute Gasteiger partial charge is 0.278 e. The lowest BCUT2D eigenvalue weighted by molar-refractivity contribution is -0.386. The van der Waals surface area contributed by atoms with Crippen molar-refractivity contribution in [3.8, 4) is 0 Å². The fourth-order valence-corrected chi connectivity index (χ4v) is 2.51. The average molecular weight is 326 g/mol. The number of pyridine rings is 1. The van der Waals surface area contributed by atoms with Gasteiger partial charge in [-0.05, 0) is 32.0 Å². The second-order valence-corrected chi connectivity index (χ2v) is 5.44. The molecule has 2 aromatic rings. The molecule has 0 unspecified atom stereocenters. The maximum Gasteiger partial charge on any atom is 0.278 e. The summed E-state index contributed by atoms with van der Waals surface area (Å²) in [5.41, 5.74) is 2.51. The Morgan fingerprint density at radius 2 is 2.05 bits per heavy atom. The number of anilines is 1. The van der Waals surface area contributed by atoms with Gasteiger partial charge >= 0.3 is 0 Å². The van der Waals surface area contributed by atoms with Crippen molar-refractivity contribution in [2.24, 2.45) is 0 Å².